The SMILES string of the molecule is C[C@@H]1CN(C(=O)OCc2ccccc2)CCCN1. The van der Waals surface area contributed by atoms with E-state index in [-0.39, 0.29) is 6.09 Å². The van der Waals surface area contributed by atoms with Crippen LogP contribution in [0.4, 0.5) is 4.79 Å². The average molecular weight is 248 g/mol. The van der Waals surface area contributed by atoms with Crippen LogP contribution in [-0.4, -0.2) is 36.7 Å². The molecule has 0 radical (unpaired) electrons. The first-order chi connectivity index (χ1) is 8.75. The maximum absolute atomic E-state index is 11.9. The van der Waals surface area contributed by atoms with Crippen molar-refractivity contribution in [1.29, 1.82) is 0 Å². The fraction of sp³-hybridized carbons (Fsp3) is 0.500. The van der Waals surface area contributed by atoms with Crippen LogP contribution >= 0.6 is 0 Å². The largest absolute Gasteiger partial charge is 0.445 e. The van der Waals surface area contributed by atoms with E-state index in [9.17, 15) is 4.79 Å². The third-order valence-electron chi connectivity index (χ3n) is 3.06. The van der Waals surface area contributed by atoms with E-state index in [0.29, 0.717) is 19.2 Å². The molecule has 0 unspecified atom stereocenters. The lowest BCUT2D eigenvalue weighted by Gasteiger charge is -2.21. The Morgan fingerprint density at radius 2 is 2.22 bits per heavy atom. The minimum atomic E-state index is -0.214. The summed E-state index contributed by atoms with van der Waals surface area (Å²) in [6.07, 6.45) is 0.763. The van der Waals surface area contributed by atoms with E-state index in [2.05, 4.69) is 12.2 Å². The third-order valence-corrected chi connectivity index (χ3v) is 3.06. The van der Waals surface area contributed by atoms with Crippen LogP contribution in [0.2, 0.25) is 0 Å². The van der Waals surface area contributed by atoms with Gasteiger partial charge in [-0.15, -0.1) is 0 Å². The van der Waals surface area contributed by atoms with E-state index in [1.807, 2.05) is 30.3 Å². The van der Waals surface area contributed by atoms with Crippen molar-refractivity contribution < 1.29 is 9.53 Å². The lowest BCUT2D eigenvalue weighted by Crippen LogP contribution is -2.39. The molecule has 1 N–H and O–H groups in total. The fourth-order valence-electron chi connectivity index (χ4n) is 2.08. The Labute approximate surface area is 108 Å². The van der Waals surface area contributed by atoms with Gasteiger partial charge in [-0.1, -0.05) is 30.3 Å². The van der Waals surface area contributed by atoms with Crippen LogP contribution in [0.3, 0.4) is 0 Å². The molecule has 98 valence electrons. The van der Waals surface area contributed by atoms with Gasteiger partial charge in [0, 0.05) is 19.1 Å². The maximum Gasteiger partial charge on any atom is 0.410 e. The van der Waals surface area contributed by atoms with Gasteiger partial charge in [0.2, 0.25) is 0 Å². The Hall–Kier alpha value is -1.55. The molecule has 1 atom stereocenters. The molecule has 1 aromatic carbocycles. The number of amides is 1. The first kappa shape index (κ1) is 12.9. The van der Waals surface area contributed by atoms with Crippen LogP contribution in [0.5, 0.6) is 0 Å². The Bertz CT molecular complexity index is 381. The number of carbonyl (C=O) groups is 1. The molecule has 18 heavy (non-hydrogen) atoms. The number of carbonyl (C=O) groups excluding carboxylic acids is 1. The number of nitrogens with zero attached hydrogens (tertiary/aromatic N) is 1. The van der Waals surface area contributed by atoms with Crippen LogP contribution in [0.15, 0.2) is 30.3 Å². The van der Waals surface area contributed by atoms with E-state index >= 15 is 0 Å². The number of hydrogen-bond donors (Lipinski definition) is 1. The molecule has 1 heterocycles. The maximum atomic E-state index is 11.9. The van der Waals surface area contributed by atoms with Crippen molar-refractivity contribution in [1.82, 2.24) is 10.2 Å². The minimum absolute atomic E-state index is 0.214. The first-order valence-corrected chi connectivity index (χ1v) is 6.45. The summed E-state index contributed by atoms with van der Waals surface area (Å²) in [5.74, 6) is 0. The summed E-state index contributed by atoms with van der Waals surface area (Å²) in [5.41, 5.74) is 1.02. The highest BCUT2D eigenvalue weighted by atomic mass is 16.6. The Morgan fingerprint density at radius 1 is 1.44 bits per heavy atom. The Kier molecular flexibility index (Phi) is 4.59. The van der Waals surface area contributed by atoms with Gasteiger partial charge < -0.3 is 15.0 Å². The fourth-order valence-corrected chi connectivity index (χ4v) is 2.08. The van der Waals surface area contributed by atoms with E-state index in [1.165, 1.54) is 0 Å². The second kappa shape index (κ2) is 6.40. The predicted octanol–water partition coefficient (Wildman–Crippen LogP) is 2.01. The molecule has 0 aromatic heterocycles. The summed E-state index contributed by atoms with van der Waals surface area (Å²) in [6.45, 7) is 4.88. The summed E-state index contributed by atoms with van der Waals surface area (Å²) >= 11 is 0. The Balaban J connectivity index is 1.83. The quantitative estimate of drug-likeness (QED) is 0.870. The lowest BCUT2D eigenvalue weighted by molar-refractivity contribution is 0.0961. The van der Waals surface area contributed by atoms with Crippen LogP contribution in [-0.2, 0) is 11.3 Å². The van der Waals surface area contributed by atoms with Gasteiger partial charge in [-0.2, -0.15) is 0 Å². The summed E-state index contributed by atoms with van der Waals surface area (Å²) in [6, 6.07) is 10.1. The number of ether oxygens (including phenoxy) is 1. The number of rotatable bonds is 2. The third kappa shape index (κ3) is 3.74. The van der Waals surface area contributed by atoms with Crippen molar-refractivity contribution in [2.45, 2.75) is 26.0 Å². The summed E-state index contributed by atoms with van der Waals surface area (Å²) in [5, 5.41) is 3.35. The van der Waals surface area contributed by atoms with Gasteiger partial charge in [-0.05, 0) is 25.5 Å². The molecule has 2 rings (SSSR count). The predicted molar refractivity (Wildman–Crippen MR) is 70.3 cm³/mol. The van der Waals surface area contributed by atoms with Crippen molar-refractivity contribution in [3.8, 4) is 0 Å². The highest BCUT2D eigenvalue weighted by molar-refractivity contribution is 5.67. The minimum Gasteiger partial charge on any atom is -0.445 e. The van der Waals surface area contributed by atoms with Gasteiger partial charge in [-0.3, -0.25) is 0 Å². The second-order valence-electron chi connectivity index (χ2n) is 4.69. The molecule has 0 aliphatic carbocycles. The van der Waals surface area contributed by atoms with Crippen molar-refractivity contribution in [3.05, 3.63) is 35.9 Å². The van der Waals surface area contributed by atoms with Gasteiger partial charge in [-0.25, -0.2) is 4.79 Å². The van der Waals surface area contributed by atoms with E-state index < -0.39 is 0 Å². The first-order valence-electron chi connectivity index (χ1n) is 6.45. The smallest absolute Gasteiger partial charge is 0.410 e. The molecule has 1 amide bonds. The topological polar surface area (TPSA) is 41.6 Å². The molecule has 1 saturated heterocycles. The highest BCUT2D eigenvalue weighted by Crippen LogP contribution is 2.06. The molecule has 0 spiro atoms. The van der Waals surface area contributed by atoms with Gasteiger partial charge >= 0.3 is 6.09 Å². The van der Waals surface area contributed by atoms with Crippen LogP contribution in [0.25, 0.3) is 0 Å². The van der Waals surface area contributed by atoms with Gasteiger partial charge in [0.1, 0.15) is 6.61 Å². The van der Waals surface area contributed by atoms with E-state index in [1.54, 1.807) is 4.90 Å². The van der Waals surface area contributed by atoms with E-state index in [0.717, 1.165) is 25.1 Å². The van der Waals surface area contributed by atoms with Crippen LogP contribution < -0.4 is 5.32 Å². The van der Waals surface area contributed by atoms with Crippen molar-refractivity contribution in [2.24, 2.45) is 0 Å². The zero-order valence-electron chi connectivity index (χ0n) is 10.8. The van der Waals surface area contributed by atoms with Crippen LogP contribution in [0.1, 0.15) is 18.9 Å². The zero-order chi connectivity index (χ0) is 12.8. The summed E-state index contributed by atoms with van der Waals surface area (Å²) < 4.78 is 5.33. The number of nitrogens with one attached hydrogen (secondary N) is 1. The second-order valence-corrected chi connectivity index (χ2v) is 4.69. The molecule has 1 aliphatic heterocycles. The zero-order valence-corrected chi connectivity index (χ0v) is 10.8. The number of benzene rings is 1. The average Bonchev–Trinajstić information content (AvgIpc) is 2.62. The molecule has 0 bridgehead atoms. The summed E-state index contributed by atoms with van der Waals surface area (Å²) in [4.78, 5) is 13.7. The highest BCUT2D eigenvalue weighted by Gasteiger charge is 2.19. The molecular weight excluding hydrogens is 228 g/mol. The van der Waals surface area contributed by atoms with Crippen molar-refractivity contribution in [3.63, 3.8) is 0 Å². The molecule has 1 aliphatic rings. The normalized spacial score (nSPS) is 20.3. The summed E-state index contributed by atoms with van der Waals surface area (Å²) in [7, 11) is 0. The molecule has 1 fully saturated rings. The molecular formula is C14H20N2O2. The standard InChI is InChI=1S/C14H20N2O2/c1-12-10-16(9-5-8-15-12)14(17)18-11-13-6-3-2-4-7-13/h2-4,6-7,12,15H,5,8-11H2,1H3/t12-/m1/s1. The Morgan fingerprint density at radius 3 is 3.00 bits per heavy atom. The van der Waals surface area contributed by atoms with Gasteiger partial charge in [0.25, 0.3) is 0 Å². The molecule has 0 saturated carbocycles. The lowest BCUT2D eigenvalue weighted by atomic mass is 10.2. The van der Waals surface area contributed by atoms with Gasteiger partial charge in [0.05, 0.1) is 0 Å². The molecule has 4 heteroatoms. The molecule has 1 aromatic rings. The van der Waals surface area contributed by atoms with Crippen molar-refractivity contribution in [2.75, 3.05) is 19.6 Å². The molecule has 4 nitrogen and oxygen atoms in total. The number of hydrogen-bond acceptors (Lipinski definition) is 3. The van der Waals surface area contributed by atoms with Crippen molar-refractivity contribution >= 4 is 6.09 Å². The van der Waals surface area contributed by atoms with Gasteiger partial charge in [0.15, 0.2) is 0 Å². The monoisotopic (exact) mass is 248 g/mol. The van der Waals surface area contributed by atoms with Crippen LogP contribution in [0, 0.1) is 0 Å². The van der Waals surface area contributed by atoms with E-state index in [4.69, 9.17) is 4.74 Å².